The lowest BCUT2D eigenvalue weighted by atomic mass is 10.2. The molecular formula is C21H19ClN6OS. The summed E-state index contributed by atoms with van der Waals surface area (Å²) in [6.07, 6.45) is 1.80. The van der Waals surface area contributed by atoms with Crippen LogP contribution in [0, 0.1) is 0 Å². The van der Waals surface area contributed by atoms with E-state index in [1.165, 1.54) is 11.8 Å². The molecule has 4 aromatic rings. The molecule has 2 N–H and O–H groups in total. The van der Waals surface area contributed by atoms with Crippen LogP contribution in [0.4, 0.5) is 5.82 Å². The predicted molar refractivity (Wildman–Crippen MR) is 120 cm³/mol. The number of fused-ring (bicyclic) bond motifs is 1. The minimum absolute atomic E-state index is 0.280. The van der Waals surface area contributed by atoms with Crippen LogP contribution in [-0.4, -0.2) is 24.7 Å². The number of hydrogen-bond acceptors (Lipinski definition) is 7. The number of para-hydroxylation sites is 1. The van der Waals surface area contributed by atoms with Crippen molar-refractivity contribution in [2.75, 3.05) is 5.73 Å². The number of nitrogen functional groups attached to an aromatic ring is 1. The minimum atomic E-state index is 0.280. The molecule has 0 unspecified atom stereocenters. The normalized spacial score (nSPS) is 11.0. The lowest BCUT2D eigenvalue weighted by Gasteiger charge is -2.09. The molecule has 2 aromatic heterocycles. The topological polar surface area (TPSA) is 91.7 Å². The van der Waals surface area contributed by atoms with Gasteiger partial charge in [-0.1, -0.05) is 41.6 Å². The second kappa shape index (κ2) is 9.15. The Kier molecular flexibility index (Phi) is 6.15. The number of nitrogens with two attached hydrogens (primary N) is 1. The molecule has 0 aliphatic heterocycles. The maximum Gasteiger partial charge on any atom is 0.192 e. The number of benzene rings is 2. The van der Waals surface area contributed by atoms with Crippen LogP contribution in [0.2, 0.25) is 5.02 Å². The first-order chi connectivity index (χ1) is 14.6. The van der Waals surface area contributed by atoms with E-state index in [0.717, 1.165) is 16.1 Å². The third kappa shape index (κ3) is 4.55. The largest absolute Gasteiger partial charge is 0.486 e. The molecule has 0 aliphatic carbocycles. The molecule has 0 saturated heterocycles. The van der Waals surface area contributed by atoms with E-state index >= 15 is 0 Å². The van der Waals surface area contributed by atoms with Gasteiger partial charge in [-0.2, -0.15) is 0 Å². The molecule has 0 saturated carbocycles. The monoisotopic (exact) mass is 438 g/mol. The second-order valence-electron chi connectivity index (χ2n) is 6.37. The summed E-state index contributed by atoms with van der Waals surface area (Å²) in [5.74, 6) is 3.04. The number of anilines is 1. The van der Waals surface area contributed by atoms with Gasteiger partial charge in [-0.3, -0.25) is 4.57 Å². The molecular weight excluding hydrogens is 420 g/mol. The van der Waals surface area contributed by atoms with Crippen LogP contribution >= 0.6 is 23.4 Å². The van der Waals surface area contributed by atoms with Crippen LogP contribution < -0.4 is 10.5 Å². The molecule has 0 aliphatic rings. The summed E-state index contributed by atoms with van der Waals surface area (Å²) in [4.78, 5) is 9.01. The van der Waals surface area contributed by atoms with Crippen LogP contribution in [-0.2, 0) is 18.9 Å². The van der Waals surface area contributed by atoms with Gasteiger partial charge < -0.3 is 10.5 Å². The van der Waals surface area contributed by atoms with Crippen LogP contribution in [0.25, 0.3) is 10.9 Å². The highest BCUT2D eigenvalue weighted by Gasteiger charge is 2.14. The number of hydrogen-bond donors (Lipinski definition) is 1. The first-order valence-corrected chi connectivity index (χ1v) is 10.6. The van der Waals surface area contributed by atoms with Crippen molar-refractivity contribution in [3.8, 4) is 5.75 Å². The highest BCUT2D eigenvalue weighted by molar-refractivity contribution is 7.98. The molecule has 0 fully saturated rings. The van der Waals surface area contributed by atoms with Crippen LogP contribution in [0.5, 0.6) is 5.75 Å². The lowest BCUT2D eigenvalue weighted by molar-refractivity contribution is 0.289. The quantitative estimate of drug-likeness (QED) is 0.319. The molecule has 152 valence electrons. The van der Waals surface area contributed by atoms with Gasteiger partial charge in [-0.25, -0.2) is 9.97 Å². The van der Waals surface area contributed by atoms with Gasteiger partial charge >= 0.3 is 0 Å². The molecule has 2 heterocycles. The molecule has 4 rings (SSSR count). The number of ether oxygens (including phenoxy) is 1. The number of thioether (sulfide) groups is 1. The van der Waals surface area contributed by atoms with E-state index in [4.69, 9.17) is 22.1 Å². The summed E-state index contributed by atoms with van der Waals surface area (Å²) < 4.78 is 7.76. The summed E-state index contributed by atoms with van der Waals surface area (Å²) >= 11 is 7.40. The Balaban J connectivity index is 1.48. The average Bonchev–Trinajstić information content (AvgIpc) is 3.14. The lowest BCUT2D eigenvalue weighted by Crippen LogP contribution is -2.07. The second-order valence-corrected chi connectivity index (χ2v) is 7.75. The smallest absolute Gasteiger partial charge is 0.192 e. The average molecular weight is 439 g/mol. The highest BCUT2D eigenvalue weighted by atomic mass is 35.5. The van der Waals surface area contributed by atoms with Gasteiger partial charge in [0, 0.05) is 17.0 Å². The molecule has 9 heteroatoms. The number of allylic oxidation sites excluding steroid dienone is 1. The fraction of sp³-hybridized carbons (Fsp3) is 0.143. The zero-order valence-electron chi connectivity index (χ0n) is 16.0. The Bertz CT molecular complexity index is 1180. The van der Waals surface area contributed by atoms with Crippen molar-refractivity contribution in [3.63, 3.8) is 0 Å². The molecule has 7 nitrogen and oxygen atoms in total. The Morgan fingerprint density at radius 2 is 1.90 bits per heavy atom. The van der Waals surface area contributed by atoms with Crippen molar-refractivity contribution in [2.24, 2.45) is 0 Å². The first kappa shape index (κ1) is 20.2. The highest BCUT2D eigenvalue weighted by Crippen LogP contribution is 2.24. The fourth-order valence-corrected chi connectivity index (χ4v) is 3.82. The van der Waals surface area contributed by atoms with E-state index < -0.39 is 0 Å². The van der Waals surface area contributed by atoms with Crippen molar-refractivity contribution in [1.82, 2.24) is 24.7 Å². The number of halogens is 1. The summed E-state index contributed by atoms with van der Waals surface area (Å²) in [6, 6.07) is 14.9. The molecule has 0 spiro atoms. The number of rotatable bonds is 8. The Hall–Kier alpha value is -3.10. The maximum atomic E-state index is 6.08. The van der Waals surface area contributed by atoms with Gasteiger partial charge in [0.25, 0.3) is 0 Å². The Morgan fingerprint density at radius 3 is 2.70 bits per heavy atom. The summed E-state index contributed by atoms with van der Waals surface area (Å²) in [7, 11) is 0. The molecule has 30 heavy (non-hydrogen) atoms. The third-order valence-electron chi connectivity index (χ3n) is 4.30. The molecule has 2 aromatic carbocycles. The summed E-state index contributed by atoms with van der Waals surface area (Å²) in [6.45, 7) is 4.67. The summed E-state index contributed by atoms with van der Waals surface area (Å²) in [5.41, 5.74) is 6.90. The molecule has 0 amide bonds. The van der Waals surface area contributed by atoms with Crippen molar-refractivity contribution < 1.29 is 4.74 Å². The van der Waals surface area contributed by atoms with E-state index in [9.17, 15) is 0 Å². The number of aromatic nitrogens is 5. The van der Waals surface area contributed by atoms with Crippen LogP contribution in [0.15, 0.2) is 66.3 Å². The van der Waals surface area contributed by atoms with Crippen LogP contribution in [0.1, 0.15) is 11.6 Å². The van der Waals surface area contributed by atoms with Gasteiger partial charge in [-0.05, 0) is 36.4 Å². The Morgan fingerprint density at radius 1 is 1.10 bits per heavy atom. The first-order valence-electron chi connectivity index (χ1n) is 9.19. The standard InChI is InChI=1S/C21H19ClN6OS/c1-2-11-28-19(12-29-15-9-7-14(22)8-10-15)26-27-21(28)30-13-18-24-17-6-4-3-5-16(17)20(23)25-18/h2-10H,1,11-13H2,(H2,23,24,25). The van der Waals surface area contributed by atoms with E-state index in [1.54, 1.807) is 18.2 Å². The summed E-state index contributed by atoms with van der Waals surface area (Å²) in [5, 5.41) is 10.8. The van der Waals surface area contributed by atoms with Gasteiger partial charge in [0.2, 0.25) is 0 Å². The number of nitrogens with zero attached hydrogens (tertiary/aromatic N) is 5. The molecule has 0 bridgehead atoms. The van der Waals surface area contributed by atoms with E-state index in [-0.39, 0.29) is 6.61 Å². The Labute approximate surface area is 183 Å². The fourth-order valence-electron chi connectivity index (χ4n) is 2.87. The molecule has 0 atom stereocenters. The predicted octanol–water partition coefficient (Wildman–Crippen LogP) is 4.51. The third-order valence-corrected chi connectivity index (χ3v) is 5.51. The van der Waals surface area contributed by atoms with E-state index in [0.29, 0.717) is 40.5 Å². The van der Waals surface area contributed by atoms with Crippen molar-refractivity contribution >= 4 is 40.1 Å². The van der Waals surface area contributed by atoms with Crippen molar-refractivity contribution in [1.29, 1.82) is 0 Å². The van der Waals surface area contributed by atoms with Crippen molar-refractivity contribution in [3.05, 3.63) is 77.9 Å². The van der Waals surface area contributed by atoms with E-state index in [1.807, 2.05) is 41.0 Å². The van der Waals surface area contributed by atoms with Crippen molar-refractivity contribution in [2.45, 2.75) is 24.1 Å². The molecule has 0 radical (unpaired) electrons. The van der Waals surface area contributed by atoms with Gasteiger partial charge in [-0.15, -0.1) is 16.8 Å². The minimum Gasteiger partial charge on any atom is -0.486 e. The van der Waals surface area contributed by atoms with E-state index in [2.05, 4.69) is 26.7 Å². The zero-order valence-corrected chi connectivity index (χ0v) is 17.6. The van der Waals surface area contributed by atoms with Gasteiger partial charge in [0.15, 0.2) is 11.0 Å². The van der Waals surface area contributed by atoms with Crippen LogP contribution in [0.3, 0.4) is 0 Å². The SMILES string of the molecule is C=CCn1c(COc2ccc(Cl)cc2)nnc1SCc1nc(N)c2ccccc2n1. The van der Waals surface area contributed by atoms with Gasteiger partial charge in [0.1, 0.15) is 24.0 Å². The van der Waals surface area contributed by atoms with Gasteiger partial charge in [0.05, 0.1) is 11.3 Å². The zero-order chi connectivity index (χ0) is 20.9. The maximum absolute atomic E-state index is 6.08.